The Bertz CT molecular complexity index is 333. The van der Waals surface area contributed by atoms with Crippen LogP contribution in [0.3, 0.4) is 0 Å². The first kappa shape index (κ1) is 8.57. The molecule has 0 bridgehead atoms. The molecule has 1 aromatic rings. The third-order valence-corrected chi connectivity index (χ3v) is 3.26. The standard InChI is InChI=1S/C11H15NO/c1-8-11(2,3)9-6-4-5-7-10(9)12(8)13/h4-8,13H,1-3H3. The predicted molar refractivity (Wildman–Crippen MR) is 53.2 cm³/mol. The van der Waals surface area contributed by atoms with Crippen LogP contribution in [0.5, 0.6) is 0 Å². The van der Waals surface area contributed by atoms with Gasteiger partial charge < -0.3 is 0 Å². The van der Waals surface area contributed by atoms with Crippen LogP contribution < -0.4 is 5.06 Å². The van der Waals surface area contributed by atoms with Crippen LogP contribution in [0, 0.1) is 0 Å². The molecule has 70 valence electrons. The highest BCUT2D eigenvalue weighted by Crippen LogP contribution is 2.43. The number of nitrogens with zero attached hydrogens (tertiary/aromatic N) is 1. The summed E-state index contributed by atoms with van der Waals surface area (Å²) in [6.07, 6.45) is 0. The molecule has 2 nitrogen and oxygen atoms in total. The van der Waals surface area contributed by atoms with E-state index in [4.69, 9.17) is 0 Å². The summed E-state index contributed by atoms with van der Waals surface area (Å²) in [5, 5.41) is 11.2. The zero-order valence-electron chi connectivity index (χ0n) is 8.28. The maximum Gasteiger partial charge on any atom is 0.0675 e. The van der Waals surface area contributed by atoms with Crippen molar-refractivity contribution in [3.63, 3.8) is 0 Å². The number of para-hydroxylation sites is 1. The van der Waals surface area contributed by atoms with Gasteiger partial charge in [-0.25, -0.2) is 0 Å². The van der Waals surface area contributed by atoms with Crippen LogP contribution in [0.1, 0.15) is 26.3 Å². The van der Waals surface area contributed by atoms with Crippen LogP contribution in [0.4, 0.5) is 5.69 Å². The van der Waals surface area contributed by atoms with E-state index in [1.54, 1.807) is 0 Å². The molecule has 1 unspecified atom stereocenters. The van der Waals surface area contributed by atoms with E-state index in [0.29, 0.717) is 0 Å². The molecule has 0 amide bonds. The Kier molecular flexibility index (Phi) is 1.64. The first-order valence-electron chi connectivity index (χ1n) is 4.63. The minimum Gasteiger partial charge on any atom is -0.288 e. The number of rotatable bonds is 0. The lowest BCUT2D eigenvalue weighted by molar-refractivity contribution is 0.204. The fourth-order valence-corrected chi connectivity index (χ4v) is 1.96. The maximum absolute atomic E-state index is 9.82. The first-order valence-corrected chi connectivity index (χ1v) is 4.63. The van der Waals surface area contributed by atoms with Gasteiger partial charge >= 0.3 is 0 Å². The lowest BCUT2D eigenvalue weighted by Crippen LogP contribution is -2.36. The van der Waals surface area contributed by atoms with Crippen molar-refractivity contribution in [2.45, 2.75) is 32.2 Å². The number of benzene rings is 1. The molecule has 0 aromatic heterocycles. The highest BCUT2D eigenvalue weighted by Gasteiger charge is 2.41. The Morgan fingerprint density at radius 2 is 1.92 bits per heavy atom. The summed E-state index contributed by atoms with van der Waals surface area (Å²) < 4.78 is 0. The normalized spacial score (nSPS) is 24.6. The molecule has 13 heavy (non-hydrogen) atoms. The zero-order chi connectivity index (χ0) is 9.64. The van der Waals surface area contributed by atoms with E-state index in [1.807, 2.05) is 25.1 Å². The largest absolute Gasteiger partial charge is 0.288 e. The minimum absolute atomic E-state index is 0.0331. The molecule has 0 saturated carbocycles. The molecule has 0 saturated heterocycles. The van der Waals surface area contributed by atoms with E-state index in [2.05, 4.69) is 19.9 Å². The maximum atomic E-state index is 9.82. The van der Waals surface area contributed by atoms with Crippen LogP contribution in [0.2, 0.25) is 0 Å². The SMILES string of the molecule is CC1N(O)c2ccccc2C1(C)C. The van der Waals surface area contributed by atoms with Crippen molar-refractivity contribution < 1.29 is 5.21 Å². The molecule has 1 N–H and O–H groups in total. The van der Waals surface area contributed by atoms with Crippen molar-refractivity contribution in [2.75, 3.05) is 5.06 Å². The summed E-state index contributed by atoms with van der Waals surface area (Å²) in [5.74, 6) is 0. The minimum atomic E-state index is 0.0331. The second-order valence-corrected chi connectivity index (χ2v) is 4.26. The lowest BCUT2D eigenvalue weighted by atomic mass is 9.81. The number of fused-ring (bicyclic) bond motifs is 1. The van der Waals surface area contributed by atoms with Gasteiger partial charge in [0.05, 0.1) is 11.7 Å². The number of hydrogen-bond acceptors (Lipinski definition) is 2. The van der Waals surface area contributed by atoms with Gasteiger partial charge in [-0.1, -0.05) is 32.0 Å². The van der Waals surface area contributed by atoms with Gasteiger partial charge in [0.15, 0.2) is 0 Å². The Morgan fingerprint density at radius 3 is 2.54 bits per heavy atom. The van der Waals surface area contributed by atoms with Gasteiger partial charge in [0, 0.05) is 5.41 Å². The molecule has 1 heterocycles. The average molecular weight is 177 g/mol. The fourth-order valence-electron chi connectivity index (χ4n) is 1.96. The molecule has 1 atom stereocenters. The fraction of sp³-hybridized carbons (Fsp3) is 0.455. The van der Waals surface area contributed by atoms with E-state index >= 15 is 0 Å². The van der Waals surface area contributed by atoms with Crippen LogP contribution in [0.15, 0.2) is 24.3 Å². The van der Waals surface area contributed by atoms with Gasteiger partial charge in [-0.3, -0.25) is 10.3 Å². The Hall–Kier alpha value is -1.02. The summed E-state index contributed by atoms with van der Waals surface area (Å²) >= 11 is 0. The van der Waals surface area contributed by atoms with Gasteiger partial charge in [-0.05, 0) is 18.6 Å². The lowest BCUT2D eigenvalue weighted by Gasteiger charge is -2.26. The molecular weight excluding hydrogens is 162 g/mol. The van der Waals surface area contributed by atoms with Gasteiger partial charge in [0.25, 0.3) is 0 Å². The van der Waals surface area contributed by atoms with Crippen LogP contribution in [0.25, 0.3) is 0 Å². The molecule has 2 rings (SSSR count). The summed E-state index contributed by atoms with van der Waals surface area (Å²) in [6.45, 7) is 6.36. The third-order valence-electron chi connectivity index (χ3n) is 3.26. The summed E-state index contributed by atoms with van der Waals surface area (Å²) in [7, 11) is 0. The monoisotopic (exact) mass is 177 g/mol. The topological polar surface area (TPSA) is 23.5 Å². The van der Waals surface area contributed by atoms with Crippen molar-refractivity contribution in [3.05, 3.63) is 29.8 Å². The van der Waals surface area contributed by atoms with Crippen LogP contribution in [-0.2, 0) is 5.41 Å². The van der Waals surface area contributed by atoms with E-state index in [1.165, 1.54) is 10.6 Å². The van der Waals surface area contributed by atoms with Crippen molar-refractivity contribution in [3.8, 4) is 0 Å². The second-order valence-electron chi connectivity index (χ2n) is 4.26. The van der Waals surface area contributed by atoms with Gasteiger partial charge in [0.2, 0.25) is 0 Å². The highest BCUT2D eigenvalue weighted by atomic mass is 16.5. The second kappa shape index (κ2) is 2.48. The van der Waals surface area contributed by atoms with E-state index < -0.39 is 0 Å². The van der Waals surface area contributed by atoms with Crippen molar-refractivity contribution in [1.82, 2.24) is 0 Å². The van der Waals surface area contributed by atoms with Crippen molar-refractivity contribution in [2.24, 2.45) is 0 Å². The number of anilines is 1. The van der Waals surface area contributed by atoms with E-state index in [-0.39, 0.29) is 11.5 Å². The molecule has 2 heteroatoms. The van der Waals surface area contributed by atoms with E-state index in [9.17, 15) is 5.21 Å². The van der Waals surface area contributed by atoms with E-state index in [0.717, 1.165) is 5.69 Å². The van der Waals surface area contributed by atoms with Crippen LogP contribution >= 0.6 is 0 Å². The van der Waals surface area contributed by atoms with Crippen LogP contribution in [-0.4, -0.2) is 11.2 Å². The number of hydroxylamine groups is 1. The quantitative estimate of drug-likeness (QED) is 0.658. The first-order chi connectivity index (χ1) is 6.05. The average Bonchev–Trinajstić information content (AvgIpc) is 2.30. The summed E-state index contributed by atoms with van der Waals surface area (Å²) in [6, 6.07) is 8.16. The zero-order valence-corrected chi connectivity index (χ0v) is 8.28. The summed E-state index contributed by atoms with van der Waals surface area (Å²) in [4.78, 5) is 0. The summed E-state index contributed by atoms with van der Waals surface area (Å²) in [5.41, 5.74) is 2.20. The number of hydrogen-bond donors (Lipinski definition) is 1. The molecule has 0 fully saturated rings. The van der Waals surface area contributed by atoms with Crippen molar-refractivity contribution >= 4 is 5.69 Å². The third kappa shape index (κ3) is 0.985. The smallest absolute Gasteiger partial charge is 0.0675 e. The molecular formula is C11H15NO. The van der Waals surface area contributed by atoms with Gasteiger partial charge in [-0.2, -0.15) is 0 Å². The molecule has 1 aromatic carbocycles. The molecule has 0 aliphatic carbocycles. The Balaban J connectivity index is 2.61. The molecule has 0 spiro atoms. The van der Waals surface area contributed by atoms with Gasteiger partial charge in [-0.15, -0.1) is 0 Å². The molecule has 1 aliphatic heterocycles. The highest BCUT2D eigenvalue weighted by molar-refractivity contribution is 5.61. The molecule has 1 aliphatic rings. The van der Waals surface area contributed by atoms with Crippen molar-refractivity contribution in [1.29, 1.82) is 0 Å². The molecule has 0 radical (unpaired) electrons. The Labute approximate surface area is 78.8 Å². The Morgan fingerprint density at radius 1 is 1.31 bits per heavy atom. The predicted octanol–water partition coefficient (Wildman–Crippen LogP) is 2.56. The van der Waals surface area contributed by atoms with Gasteiger partial charge in [0.1, 0.15) is 0 Å².